The van der Waals surface area contributed by atoms with Crippen molar-refractivity contribution in [1.29, 1.82) is 5.26 Å². The van der Waals surface area contributed by atoms with E-state index in [0.717, 1.165) is 21.9 Å². The molecule has 0 radical (unpaired) electrons. The summed E-state index contributed by atoms with van der Waals surface area (Å²) in [4.78, 5) is 20.9. The molecule has 228 valence electrons. The number of fused-ring (bicyclic) bond motifs is 3. The number of aliphatic carboxylic acids is 1. The van der Waals surface area contributed by atoms with E-state index >= 15 is 0 Å². The maximum Gasteiger partial charge on any atom is 0.346 e. The van der Waals surface area contributed by atoms with Crippen molar-refractivity contribution >= 4 is 79.2 Å². The van der Waals surface area contributed by atoms with E-state index in [1.54, 1.807) is 17.4 Å². The maximum absolute atomic E-state index is 11.4. The predicted octanol–water partition coefficient (Wildman–Crippen LogP) is 12.0. The molecule has 0 aliphatic rings. The lowest BCUT2D eigenvalue weighted by Crippen LogP contribution is -1.96. The summed E-state index contributed by atoms with van der Waals surface area (Å²) in [5.74, 6) is -1.20. The van der Waals surface area contributed by atoms with Crippen molar-refractivity contribution in [2.75, 3.05) is 0 Å². The van der Waals surface area contributed by atoms with Crippen molar-refractivity contribution in [1.82, 2.24) is 4.57 Å². The van der Waals surface area contributed by atoms with Crippen LogP contribution in [0.5, 0.6) is 0 Å². The molecule has 7 aromatic rings. The quantitative estimate of drug-likeness (QED) is 0.135. The van der Waals surface area contributed by atoms with Crippen LogP contribution in [-0.2, 0) is 11.3 Å². The number of benzene rings is 2. The smallest absolute Gasteiger partial charge is 0.346 e. The van der Waals surface area contributed by atoms with Gasteiger partial charge in [0, 0.05) is 67.4 Å². The molecule has 0 atom stereocenters. The van der Waals surface area contributed by atoms with E-state index < -0.39 is 5.97 Å². The number of nitrogens with zero attached hydrogens (tertiary/aromatic N) is 2. The molecule has 8 heteroatoms. The minimum Gasteiger partial charge on any atom is -0.477 e. The van der Waals surface area contributed by atoms with Crippen molar-refractivity contribution in [3.05, 3.63) is 99.4 Å². The molecular formula is C38H30N2O2S4. The Bertz CT molecular complexity index is 2400. The minimum atomic E-state index is -1.20. The lowest BCUT2D eigenvalue weighted by atomic mass is 10.1. The predicted molar refractivity (Wildman–Crippen MR) is 199 cm³/mol. The van der Waals surface area contributed by atoms with E-state index in [0.29, 0.717) is 0 Å². The van der Waals surface area contributed by atoms with Crippen molar-refractivity contribution in [2.45, 2.75) is 41.2 Å². The average molecular weight is 675 g/mol. The Labute approximate surface area is 283 Å². The highest BCUT2D eigenvalue weighted by Gasteiger charge is 2.20. The molecule has 0 saturated carbocycles. The molecular weight excluding hydrogens is 645 g/mol. The van der Waals surface area contributed by atoms with E-state index in [1.165, 1.54) is 90.7 Å². The number of para-hydroxylation sites is 1. The van der Waals surface area contributed by atoms with E-state index in [1.807, 2.05) is 29.6 Å². The van der Waals surface area contributed by atoms with Gasteiger partial charge in [-0.3, -0.25) is 0 Å². The second kappa shape index (κ2) is 11.8. The fourth-order valence-corrected chi connectivity index (χ4v) is 11.2. The normalized spacial score (nSPS) is 12.0. The number of hydrogen-bond donors (Lipinski definition) is 1. The monoisotopic (exact) mass is 674 g/mol. The highest BCUT2D eigenvalue weighted by molar-refractivity contribution is 7.29. The Morgan fingerprint density at radius 3 is 1.89 bits per heavy atom. The Morgan fingerprint density at radius 1 is 0.739 bits per heavy atom. The molecule has 0 bridgehead atoms. The van der Waals surface area contributed by atoms with Crippen molar-refractivity contribution in [3.8, 4) is 45.8 Å². The number of hydrogen-bond acceptors (Lipinski definition) is 6. The van der Waals surface area contributed by atoms with Crippen LogP contribution in [0.1, 0.15) is 34.1 Å². The van der Waals surface area contributed by atoms with Crippen LogP contribution in [-0.4, -0.2) is 15.6 Å². The fraction of sp³-hybridized carbons (Fsp3) is 0.158. The highest BCUT2D eigenvalue weighted by Crippen LogP contribution is 2.48. The van der Waals surface area contributed by atoms with Crippen LogP contribution in [0.4, 0.5) is 0 Å². The summed E-state index contributed by atoms with van der Waals surface area (Å²) in [6.07, 6.45) is 1.48. The highest BCUT2D eigenvalue weighted by atomic mass is 32.1. The van der Waals surface area contributed by atoms with Gasteiger partial charge >= 0.3 is 5.97 Å². The van der Waals surface area contributed by atoms with Gasteiger partial charge in [0.25, 0.3) is 0 Å². The minimum absolute atomic E-state index is 0.251. The van der Waals surface area contributed by atoms with Gasteiger partial charge in [0.05, 0.1) is 0 Å². The molecule has 0 aliphatic carbocycles. The van der Waals surface area contributed by atoms with Crippen LogP contribution < -0.4 is 0 Å². The van der Waals surface area contributed by atoms with Gasteiger partial charge in [0.1, 0.15) is 11.6 Å². The van der Waals surface area contributed by atoms with Crippen LogP contribution in [0, 0.1) is 39.0 Å². The molecule has 5 aromatic heterocycles. The third-order valence-electron chi connectivity index (χ3n) is 8.38. The summed E-state index contributed by atoms with van der Waals surface area (Å²) < 4.78 is 2.40. The van der Waals surface area contributed by atoms with Crippen LogP contribution in [0.2, 0.25) is 0 Å². The zero-order valence-corrected chi connectivity index (χ0v) is 29.3. The van der Waals surface area contributed by atoms with Gasteiger partial charge in [0.2, 0.25) is 0 Å². The summed E-state index contributed by atoms with van der Waals surface area (Å²) >= 11 is 7.02. The van der Waals surface area contributed by atoms with Crippen molar-refractivity contribution < 1.29 is 9.90 Å². The van der Waals surface area contributed by atoms with Crippen LogP contribution in [0.15, 0.2) is 72.3 Å². The molecule has 2 aromatic carbocycles. The molecule has 0 unspecified atom stereocenters. The Kier molecular flexibility index (Phi) is 7.82. The molecule has 1 N–H and O–H groups in total. The fourth-order valence-electron chi connectivity index (χ4n) is 6.12. The number of aryl methyl sites for hydroxylation is 5. The third kappa shape index (κ3) is 5.14. The first kappa shape index (κ1) is 30.4. The number of thiophene rings is 4. The Hall–Kier alpha value is -4.26. The number of carboxylic acid groups (broad SMARTS) is 1. The lowest BCUT2D eigenvalue weighted by molar-refractivity contribution is -0.132. The van der Waals surface area contributed by atoms with E-state index in [9.17, 15) is 15.2 Å². The zero-order valence-electron chi connectivity index (χ0n) is 26.0. The molecule has 5 heterocycles. The SMILES string of the molecule is CCn1c2ccccc2c2cc(-c3cc(C)c(-c4cc(C)c(-c5cc(C)c(-c6cc(C)c(/C=C(\C#N)C(=O)O)s6)s5)s4)s3)ccc21. The molecule has 0 spiro atoms. The van der Waals surface area contributed by atoms with Gasteiger partial charge in [-0.2, -0.15) is 5.26 Å². The largest absolute Gasteiger partial charge is 0.477 e. The Balaban J connectivity index is 1.22. The summed E-state index contributed by atoms with van der Waals surface area (Å²) in [7, 11) is 0. The van der Waals surface area contributed by atoms with Gasteiger partial charge in [-0.25, -0.2) is 4.79 Å². The van der Waals surface area contributed by atoms with Crippen molar-refractivity contribution in [3.63, 3.8) is 0 Å². The summed E-state index contributed by atoms with van der Waals surface area (Å²) in [6.45, 7) is 11.6. The van der Waals surface area contributed by atoms with Gasteiger partial charge < -0.3 is 9.67 Å². The molecule has 46 heavy (non-hydrogen) atoms. The number of carboxylic acids is 1. The van der Waals surface area contributed by atoms with E-state index in [4.69, 9.17) is 0 Å². The third-order valence-corrected chi connectivity index (χ3v) is 13.9. The first-order chi connectivity index (χ1) is 22.2. The van der Waals surface area contributed by atoms with Crippen LogP contribution in [0.3, 0.4) is 0 Å². The number of carbonyl (C=O) groups is 1. The van der Waals surface area contributed by atoms with Gasteiger partial charge in [-0.15, -0.1) is 45.3 Å². The molecule has 0 fully saturated rings. The standard InChI is InChI=1S/C38H30N2O2S4/c1-6-40-28-10-8-7-9-26(28)27-17-24(11-12-29(27)40)31-14-21(3)36(44-31)33-16-23(5)37(46-33)34-15-22(4)35(45-34)32-13-20(2)30(43-32)18-25(19-39)38(41)42/h7-18H,6H2,1-5H3,(H,41,42)/b25-18+. The number of nitriles is 1. The van der Waals surface area contributed by atoms with Gasteiger partial charge in [-0.05, 0) is 111 Å². The molecule has 0 aliphatic heterocycles. The number of aromatic nitrogens is 1. The topological polar surface area (TPSA) is 66.0 Å². The van der Waals surface area contributed by atoms with E-state index in [-0.39, 0.29) is 5.57 Å². The number of rotatable bonds is 7. The van der Waals surface area contributed by atoms with Crippen LogP contribution in [0.25, 0.3) is 67.6 Å². The Morgan fingerprint density at radius 2 is 1.28 bits per heavy atom. The summed E-state index contributed by atoms with van der Waals surface area (Å²) in [5.41, 5.74) is 8.29. The summed E-state index contributed by atoms with van der Waals surface area (Å²) in [6, 6.07) is 26.4. The second-order valence-electron chi connectivity index (χ2n) is 11.5. The second-order valence-corrected chi connectivity index (χ2v) is 15.7. The lowest BCUT2D eigenvalue weighted by Gasteiger charge is -2.03. The van der Waals surface area contributed by atoms with Gasteiger partial charge in [0.15, 0.2) is 0 Å². The zero-order chi connectivity index (χ0) is 32.3. The first-order valence-corrected chi connectivity index (χ1v) is 18.2. The van der Waals surface area contributed by atoms with Gasteiger partial charge in [-0.1, -0.05) is 24.3 Å². The van der Waals surface area contributed by atoms with Crippen LogP contribution >= 0.6 is 45.3 Å². The maximum atomic E-state index is 11.4. The van der Waals surface area contributed by atoms with Crippen molar-refractivity contribution in [2.24, 2.45) is 0 Å². The molecule has 4 nitrogen and oxygen atoms in total. The molecule has 7 rings (SSSR count). The molecule has 0 saturated heterocycles. The van der Waals surface area contributed by atoms with E-state index in [2.05, 4.69) is 99.0 Å². The first-order valence-electron chi connectivity index (χ1n) is 15.0. The average Bonchev–Trinajstić information content (AvgIpc) is 3.85. The molecule has 0 amide bonds. The summed E-state index contributed by atoms with van der Waals surface area (Å²) in [5, 5.41) is 21.1.